The quantitative estimate of drug-likeness (QED) is 0.835. The van der Waals surface area contributed by atoms with Gasteiger partial charge >= 0.3 is 0 Å². The highest BCUT2D eigenvalue weighted by Gasteiger charge is 2.30. The molecule has 1 aromatic carbocycles. The van der Waals surface area contributed by atoms with E-state index in [0.29, 0.717) is 19.7 Å². The number of ether oxygens (including phenoxy) is 2. The second-order valence-electron chi connectivity index (χ2n) is 5.82. The maximum Gasteiger partial charge on any atom is 0.257 e. The molecule has 6 heteroatoms. The number of anilines is 1. The number of carbonyl (C=O) groups excluding carboxylic acids is 1. The minimum atomic E-state index is -0.425. The van der Waals surface area contributed by atoms with Crippen LogP contribution in [0.5, 0.6) is 5.75 Å². The zero-order valence-corrected chi connectivity index (χ0v) is 14.8. The van der Waals surface area contributed by atoms with Crippen molar-refractivity contribution >= 4 is 22.9 Å². The van der Waals surface area contributed by atoms with E-state index in [1.54, 1.807) is 23.3 Å². The van der Waals surface area contributed by atoms with E-state index >= 15 is 0 Å². The lowest BCUT2D eigenvalue weighted by Gasteiger charge is -2.33. The first-order valence-electron chi connectivity index (χ1n) is 7.95. The summed E-state index contributed by atoms with van der Waals surface area (Å²) in [5.41, 5.74) is 0.853. The lowest BCUT2D eigenvalue weighted by molar-refractivity contribution is -0.135. The highest BCUT2D eigenvalue weighted by Crippen LogP contribution is 2.24. The van der Waals surface area contributed by atoms with E-state index in [1.165, 1.54) is 0 Å². The predicted octanol–water partition coefficient (Wildman–Crippen LogP) is 2.62. The van der Waals surface area contributed by atoms with E-state index in [-0.39, 0.29) is 5.91 Å². The number of morpholine rings is 1. The Hall–Kier alpha value is -1.89. The maximum atomic E-state index is 13.1. The van der Waals surface area contributed by atoms with E-state index in [4.69, 9.17) is 9.47 Å². The smallest absolute Gasteiger partial charge is 0.257 e. The summed E-state index contributed by atoms with van der Waals surface area (Å²) in [7, 11) is 3.65. The van der Waals surface area contributed by atoms with Gasteiger partial charge in [-0.25, -0.2) is 0 Å². The van der Waals surface area contributed by atoms with Crippen LogP contribution in [0.4, 0.5) is 5.69 Å². The Bertz CT molecular complexity index is 657. The highest BCUT2D eigenvalue weighted by atomic mass is 32.1. The highest BCUT2D eigenvalue weighted by molar-refractivity contribution is 7.09. The Morgan fingerprint density at radius 2 is 2.17 bits per heavy atom. The minimum absolute atomic E-state index is 0.000108. The van der Waals surface area contributed by atoms with Crippen molar-refractivity contribution in [3.05, 3.63) is 46.7 Å². The number of carbonyl (C=O) groups is 1. The molecule has 1 amide bonds. The van der Waals surface area contributed by atoms with E-state index in [1.807, 2.05) is 48.8 Å². The topological polar surface area (TPSA) is 42.0 Å². The molecule has 0 spiro atoms. The number of benzene rings is 1. The summed E-state index contributed by atoms with van der Waals surface area (Å²) >= 11 is 1.65. The van der Waals surface area contributed by atoms with Gasteiger partial charge in [0.05, 0.1) is 20.3 Å². The van der Waals surface area contributed by atoms with Crippen molar-refractivity contribution in [1.29, 1.82) is 0 Å². The number of rotatable bonds is 5. The summed E-state index contributed by atoms with van der Waals surface area (Å²) in [6, 6.07) is 11.6. The Morgan fingerprint density at radius 3 is 2.79 bits per heavy atom. The molecule has 0 N–H and O–H groups in total. The van der Waals surface area contributed by atoms with Gasteiger partial charge in [0.15, 0.2) is 0 Å². The average molecular weight is 346 g/mol. The number of nitrogens with zero attached hydrogens (tertiary/aromatic N) is 2. The zero-order valence-electron chi connectivity index (χ0n) is 14.0. The summed E-state index contributed by atoms with van der Waals surface area (Å²) < 4.78 is 10.9. The van der Waals surface area contributed by atoms with Gasteiger partial charge in [-0.1, -0.05) is 6.07 Å². The molecule has 0 aliphatic carbocycles. The molecule has 5 nitrogen and oxygen atoms in total. The number of thiophene rings is 1. The van der Waals surface area contributed by atoms with Crippen LogP contribution in [0.25, 0.3) is 0 Å². The van der Waals surface area contributed by atoms with E-state index in [2.05, 4.69) is 4.90 Å². The molecule has 0 saturated carbocycles. The van der Waals surface area contributed by atoms with Gasteiger partial charge in [-0.15, -0.1) is 11.3 Å². The van der Waals surface area contributed by atoms with Crippen LogP contribution in [0.1, 0.15) is 4.88 Å². The first-order valence-corrected chi connectivity index (χ1v) is 8.83. The molecule has 0 radical (unpaired) electrons. The Morgan fingerprint density at radius 1 is 1.38 bits per heavy atom. The van der Waals surface area contributed by atoms with Gasteiger partial charge in [0, 0.05) is 23.7 Å². The van der Waals surface area contributed by atoms with Gasteiger partial charge in [0.2, 0.25) is 0 Å². The fourth-order valence-electron chi connectivity index (χ4n) is 2.72. The van der Waals surface area contributed by atoms with Gasteiger partial charge in [0.25, 0.3) is 5.91 Å². The van der Waals surface area contributed by atoms with Crippen LogP contribution < -0.4 is 9.64 Å². The van der Waals surface area contributed by atoms with Gasteiger partial charge in [-0.05, 0) is 42.8 Å². The predicted molar refractivity (Wildman–Crippen MR) is 95.7 cm³/mol. The first kappa shape index (κ1) is 17.0. The molecule has 1 aliphatic rings. The second-order valence-corrected chi connectivity index (χ2v) is 6.86. The monoisotopic (exact) mass is 346 g/mol. The standard InChI is InChI=1S/C18H22N2O3S/c1-19-9-10-23-17(13-19)18(21)20(12-16-4-3-11-24-16)14-5-7-15(22-2)8-6-14/h3-8,11,17H,9-10,12-13H2,1-2H3/t17-/m0/s1. The fraction of sp³-hybridized carbons (Fsp3) is 0.389. The van der Waals surface area contributed by atoms with Crippen molar-refractivity contribution in [1.82, 2.24) is 4.90 Å². The van der Waals surface area contributed by atoms with E-state index in [9.17, 15) is 4.79 Å². The molecular formula is C18H22N2O3S. The number of likely N-dealkylation sites (N-methyl/N-ethyl adjacent to an activating group) is 1. The molecular weight excluding hydrogens is 324 g/mol. The average Bonchev–Trinajstić information content (AvgIpc) is 3.12. The van der Waals surface area contributed by atoms with Gasteiger partial charge in [0.1, 0.15) is 11.9 Å². The SMILES string of the molecule is COc1ccc(N(Cc2cccs2)C(=O)[C@@H]2CN(C)CCO2)cc1. The third kappa shape index (κ3) is 3.95. The Kier molecular flexibility index (Phi) is 5.50. The number of hydrogen-bond donors (Lipinski definition) is 0. The molecule has 0 unspecified atom stereocenters. The zero-order chi connectivity index (χ0) is 16.9. The van der Waals surface area contributed by atoms with Crippen LogP contribution in [0.15, 0.2) is 41.8 Å². The van der Waals surface area contributed by atoms with Crippen LogP contribution in [0, 0.1) is 0 Å². The third-order valence-corrected chi connectivity index (χ3v) is 4.95. The molecule has 1 atom stereocenters. The van der Waals surface area contributed by atoms with Gasteiger partial charge in [-0.2, -0.15) is 0 Å². The van der Waals surface area contributed by atoms with E-state index in [0.717, 1.165) is 22.9 Å². The summed E-state index contributed by atoms with van der Waals surface area (Å²) in [5, 5.41) is 2.02. The Labute approximate surface area is 146 Å². The lowest BCUT2D eigenvalue weighted by Crippen LogP contribution is -2.49. The molecule has 3 rings (SSSR count). The van der Waals surface area contributed by atoms with Crippen molar-refractivity contribution in [2.24, 2.45) is 0 Å². The molecule has 128 valence electrons. The van der Waals surface area contributed by atoms with Crippen LogP contribution in [-0.2, 0) is 16.1 Å². The molecule has 2 heterocycles. The summed E-state index contributed by atoms with van der Waals surface area (Å²) in [5.74, 6) is 0.774. The maximum absolute atomic E-state index is 13.1. The van der Waals surface area contributed by atoms with Crippen molar-refractivity contribution < 1.29 is 14.3 Å². The molecule has 2 aromatic rings. The second kappa shape index (κ2) is 7.79. The Balaban J connectivity index is 1.84. The van der Waals surface area contributed by atoms with Crippen molar-refractivity contribution in [3.8, 4) is 5.75 Å². The molecule has 1 fully saturated rings. The third-order valence-electron chi connectivity index (χ3n) is 4.09. The minimum Gasteiger partial charge on any atom is -0.497 e. The van der Waals surface area contributed by atoms with Crippen LogP contribution >= 0.6 is 11.3 Å². The number of methoxy groups -OCH3 is 1. The van der Waals surface area contributed by atoms with Crippen molar-refractivity contribution in [2.45, 2.75) is 12.6 Å². The summed E-state index contributed by atoms with van der Waals surface area (Å²) in [4.78, 5) is 18.1. The normalized spacial score (nSPS) is 18.3. The fourth-order valence-corrected chi connectivity index (χ4v) is 3.41. The molecule has 24 heavy (non-hydrogen) atoms. The molecule has 0 bridgehead atoms. The van der Waals surface area contributed by atoms with Gasteiger partial charge < -0.3 is 19.3 Å². The van der Waals surface area contributed by atoms with Crippen molar-refractivity contribution in [3.63, 3.8) is 0 Å². The number of amides is 1. The van der Waals surface area contributed by atoms with Crippen LogP contribution in [-0.4, -0.2) is 50.8 Å². The van der Waals surface area contributed by atoms with Crippen LogP contribution in [0.3, 0.4) is 0 Å². The van der Waals surface area contributed by atoms with E-state index < -0.39 is 6.10 Å². The molecule has 1 aromatic heterocycles. The largest absolute Gasteiger partial charge is 0.497 e. The number of hydrogen-bond acceptors (Lipinski definition) is 5. The lowest BCUT2D eigenvalue weighted by atomic mass is 10.2. The van der Waals surface area contributed by atoms with Gasteiger partial charge in [-0.3, -0.25) is 4.79 Å². The van der Waals surface area contributed by atoms with Crippen molar-refractivity contribution in [2.75, 3.05) is 38.8 Å². The summed E-state index contributed by atoms with van der Waals surface area (Å²) in [6.07, 6.45) is -0.425. The molecule has 1 saturated heterocycles. The first-order chi connectivity index (χ1) is 11.7. The van der Waals surface area contributed by atoms with Crippen LogP contribution in [0.2, 0.25) is 0 Å². The molecule has 1 aliphatic heterocycles. The summed E-state index contributed by atoms with van der Waals surface area (Å²) in [6.45, 7) is 2.61.